The molecule has 1 amide bonds. The average molecular weight is 400 g/mol. The zero-order valence-electron chi connectivity index (χ0n) is 15.4. The predicted octanol–water partition coefficient (Wildman–Crippen LogP) is 0.366. The number of aromatic amines is 1. The molecule has 0 saturated carbocycles. The topological polar surface area (TPSA) is 101 Å². The van der Waals surface area contributed by atoms with Gasteiger partial charge in [0.25, 0.3) is 5.56 Å². The van der Waals surface area contributed by atoms with Gasteiger partial charge in [-0.25, -0.2) is 9.97 Å². The van der Waals surface area contributed by atoms with E-state index in [4.69, 9.17) is 4.74 Å². The molecule has 3 N–H and O–H groups in total. The van der Waals surface area contributed by atoms with Crippen molar-refractivity contribution in [1.82, 2.24) is 15.0 Å². The van der Waals surface area contributed by atoms with Gasteiger partial charge in [0.05, 0.1) is 24.1 Å². The first-order valence-electron chi connectivity index (χ1n) is 9.31. The third-order valence-corrected chi connectivity index (χ3v) is 5.49. The van der Waals surface area contributed by atoms with Crippen molar-refractivity contribution in [3.05, 3.63) is 51.5 Å². The van der Waals surface area contributed by atoms with Gasteiger partial charge in [0.15, 0.2) is 5.13 Å². The number of benzene rings is 1. The maximum Gasteiger partial charge on any atom is 0.258 e. The van der Waals surface area contributed by atoms with Crippen LogP contribution >= 0.6 is 11.3 Å². The largest absolute Gasteiger partial charge is 0.370 e. The molecule has 0 unspecified atom stereocenters. The Morgan fingerprint density at radius 1 is 1.25 bits per heavy atom. The van der Waals surface area contributed by atoms with E-state index in [-0.39, 0.29) is 17.9 Å². The first-order chi connectivity index (χ1) is 13.7. The number of anilines is 1. The third-order valence-electron chi connectivity index (χ3n) is 4.68. The second kappa shape index (κ2) is 8.59. The van der Waals surface area contributed by atoms with Gasteiger partial charge >= 0.3 is 0 Å². The maximum absolute atomic E-state index is 12.2. The lowest BCUT2D eigenvalue weighted by Crippen LogP contribution is -3.12. The van der Waals surface area contributed by atoms with E-state index in [0.29, 0.717) is 28.3 Å². The molecule has 0 radical (unpaired) electrons. The van der Waals surface area contributed by atoms with Crippen LogP contribution in [-0.2, 0) is 22.5 Å². The van der Waals surface area contributed by atoms with Gasteiger partial charge in [-0.05, 0) is 12.1 Å². The number of quaternary nitrogens is 1. The van der Waals surface area contributed by atoms with Gasteiger partial charge in [0.2, 0.25) is 5.91 Å². The molecule has 0 bridgehead atoms. The van der Waals surface area contributed by atoms with Gasteiger partial charge in [-0.1, -0.05) is 12.1 Å². The van der Waals surface area contributed by atoms with Crippen LogP contribution in [0.15, 0.2) is 34.4 Å². The number of hydrogen-bond acceptors (Lipinski definition) is 6. The Morgan fingerprint density at radius 2 is 2.07 bits per heavy atom. The van der Waals surface area contributed by atoms with Crippen LogP contribution < -0.4 is 15.8 Å². The van der Waals surface area contributed by atoms with Crippen LogP contribution in [0, 0.1) is 0 Å². The van der Waals surface area contributed by atoms with E-state index in [1.54, 1.807) is 18.2 Å². The molecular weight excluding hydrogens is 378 g/mol. The molecule has 1 aliphatic heterocycles. The van der Waals surface area contributed by atoms with E-state index in [9.17, 15) is 9.59 Å². The molecule has 0 aliphatic carbocycles. The Kier molecular flexibility index (Phi) is 5.75. The number of H-pyrrole nitrogens is 1. The van der Waals surface area contributed by atoms with Gasteiger partial charge in [-0.15, -0.1) is 11.3 Å². The van der Waals surface area contributed by atoms with E-state index in [1.807, 2.05) is 11.4 Å². The number of fused-ring (bicyclic) bond motifs is 1. The normalized spacial score (nSPS) is 15.0. The minimum absolute atomic E-state index is 0.143. The summed E-state index contributed by atoms with van der Waals surface area (Å²) in [5.74, 6) is 0.366. The van der Waals surface area contributed by atoms with Gasteiger partial charge in [0.1, 0.15) is 31.2 Å². The number of aryl methyl sites for hydroxylation is 1. The van der Waals surface area contributed by atoms with Crippen LogP contribution in [0.5, 0.6) is 0 Å². The second-order valence-electron chi connectivity index (χ2n) is 6.76. The molecule has 146 valence electrons. The molecule has 9 heteroatoms. The summed E-state index contributed by atoms with van der Waals surface area (Å²) in [5.41, 5.74) is 1.44. The molecular formula is C19H22N5O3S+. The van der Waals surface area contributed by atoms with Crippen molar-refractivity contribution in [2.75, 3.05) is 31.6 Å². The van der Waals surface area contributed by atoms with Crippen LogP contribution in [0.3, 0.4) is 0 Å². The number of nitrogens with zero attached hydrogens (tertiary/aromatic N) is 2. The van der Waals surface area contributed by atoms with Crippen LogP contribution in [0.4, 0.5) is 5.13 Å². The summed E-state index contributed by atoms with van der Waals surface area (Å²) < 4.78 is 5.37. The number of carbonyl (C=O) groups excluding carboxylic acids is 1. The Hall–Kier alpha value is -2.62. The van der Waals surface area contributed by atoms with E-state index in [1.165, 1.54) is 16.2 Å². The number of rotatable bonds is 6. The summed E-state index contributed by atoms with van der Waals surface area (Å²) in [5, 5.41) is 5.98. The summed E-state index contributed by atoms with van der Waals surface area (Å²) in [6.07, 6.45) is 0.590. The molecule has 4 rings (SSSR count). The lowest BCUT2D eigenvalue weighted by molar-refractivity contribution is -0.921. The van der Waals surface area contributed by atoms with Crippen molar-refractivity contribution in [3.63, 3.8) is 0 Å². The fourth-order valence-electron chi connectivity index (χ4n) is 3.21. The number of morpholine rings is 1. The number of ether oxygens (including phenoxy) is 1. The lowest BCUT2D eigenvalue weighted by atomic mass is 10.2. The smallest absolute Gasteiger partial charge is 0.258 e. The number of para-hydroxylation sites is 1. The molecule has 2 aromatic heterocycles. The van der Waals surface area contributed by atoms with Crippen LogP contribution in [0.25, 0.3) is 10.9 Å². The monoisotopic (exact) mass is 400 g/mol. The fourth-order valence-corrected chi connectivity index (χ4v) is 3.93. The molecule has 3 aromatic rings. The van der Waals surface area contributed by atoms with Crippen molar-refractivity contribution in [3.8, 4) is 0 Å². The second-order valence-corrected chi connectivity index (χ2v) is 7.62. The molecule has 1 fully saturated rings. The molecule has 8 nitrogen and oxygen atoms in total. The van der Waals surface area contributed by atoms with Gasteiger partial charge < -0.3 is 19.9 Å². The van der Waals surface area contributed by atoms with Gasteiger partial charge in [0, 0.05) is 18.2 Å². The molecule has 1 saturated heterocycles. The third kappa shape index (κ3) is 4.61. The zero-order valence-corrected chi connectivity index (χ0v) is 16.2. The summed E-state index contributed by atoms with van der Waals surface area (Å²) in [6.45, 7) is 4.38. The van der Waals surface area contributed by atoms with Crippen molar-refractivity contribution in [1.29, 1.82) is 0 Å². The average Bonchev–Trinajstić information content (AvgIpc) is 3.14. The summed E-state index contributed by atoms with van der Waals surface area (Å²) >= 11 is 1.43. The van der Waals surface area contributed by atoms with Crippen molar-refractivity contribution < 1.29 is 14.4 Å². The van der Waals surface area contributed by atoms with Crippen molar-refractivity contribution >= 4 is 33.3 Å². The van der Waals surface area contributed by atoms with Crippen LogP contribution in [0.1, 0.15) is 17.9 Å². The molecule has 0 atom stereocenters. The van der Waals surface area contributed by atoms with Crippen LogP contribution in [-0.4, -0.2) is 47.2 Å². The highest BCUT2D eigenvalue weighted by atomic mass is 32.1. The first-order valence-corrected chi connectivity index (χ1v) is 10.2. The Labute approximate surface area is 165 Å². The number of nitrogens with one attached hydrogen (secondary N) is 3. The van der Waals surface area contributed by atoms with E-state index in [2.05, 4.69) is 20.3 Å². The molecule has 28 heavy (non-hydrogen) atoms. The highest BCUT2D eigenvalue weighted by Gasteiger charge is 2.16. The first kappa shape index (κ1) is 18.7. The molecule has 1 aromatic carbocycles. The number of amides is 1. The van der Waals surface area contributed by atoms with Gasteiger partial charge in [-0.3, -0.25) is 9.59 Å². The number of thiazole rings is 1. The number of carbonyl (C=O) groups is 1. The van der Waals surface area contributed by atoms with Crippen molar-refractivity contribution in [2.24, 2.45) is 0 Å². The Balaban J connectivity index is 1.32. The minimum atomic E-state index is -0.184. The summed E-state index contributed by atoms with van der Waals surface area (Å²) in [4.78, 5) is 37.5. The number of hydrogen-bond donors (Lipinski definition) is 3. The van der Waals surface area contributed by atoms with Gasteiger partial charge in [-0.2, -0.15) is 0 Å². The van der Waals surface area contributed by atoms with Crippen molar-refractivity contribution in [2.45, 2.75) is 19.4 Å². The molecule has 0 spiro atoms. The molecule has 3 heterocycles. The predicted molar refractivity (Wildman–Crippen MR) is 107 cm³/mol. The van der Waals surface area contributed by atoms with E-state index < -0.39 is 0 Å². The minimum Gasteiger partial charge on any atom is -0.370 e. The Morgan fingerprint density at radius 3 is 2.93 bits per heavy atom. The summed E-state index contributed by atoms with van der Waals surface area (Å²) in [7, 11) is 0. The lowest BCUT2D eigenvalue weighted by Gasteiger charge is -2.22. The standard InChI is InChI=1S/C19H21N5O3S/c25-17(6-5-16-21-15-4-2-1-3-14(15)18(26)22-16)23-19-20-13(12-28-19)11-24-7-9-27-10-8-24/h1-4,12H,5-11H2,(H,20,23,25)(H,21,22,26)/p+1. The number of aromatic nitrogens is 3. The Bertz CT molecular complexity index is 1030. The van der Waals surface area contributed by atoms with Crippen LogP contribution in [0.2, 0.25) is 0 Å². The molecule has 1 aliphatic rings. The van der Waals surface area contributed by atoms with E-state index in [0.717, 1.165) is 38.5 Å². The van der Waals surface area contributed by atoms with E-state index >= 15 is 0 Å². The maximum atomic E-state index is 12.2. The zero-order chi connectivity index (χ0) is 19.3. The SMILES string of the molecule is O=C(CCc1nc2ccccc2c(=O)[nH]1)Nc1nc(C[NH+]2CCOCC2)cs1. The fraction of sp³-hybridized carbons (Fsp3) is 0.368. The summed E-state index contributed by atoms with van der Waals surface area (Å²) in [6, 6.07) is 7.16. The highest BCUT2D eigenvalue weighted by molar-refractivity contribution is 7.13. The quantitative estimate of drug-likeness (QED) is 0.555. The highest BCUT2D eigenvalue weighted by Crippen LogP contribution is 2.15.